The van der Waals surface area contributed by atoms with Crippen molar-refractivity contribution in [2.24, 2.45) is 4.99 Å². The molecule has 0 radical (unpaired) electrons. The summed E-state index contributed by atoms with van der Waals surface area (Å²) in [4.78, 5) is 21.5. The van der Waals surface area contributed by atoms with E-state index in [4.69, 9.17) is 4.99 Å². The zero-order valence-corrected chi connectivity index (χ0v) is 12.8. The average molecular weight is 314 g/mol. The second-order valence-electron chi connectivity index (χ2n) is 5.24. The fourth-order valence-electron chi connectivity index (χ4n) is 2.56. The average Bonchev–Trinajstić information content (AvgIpc) is 2.63. The zero-order valence-electron chi connectivity index (χ0n) is 12.8. The maximum Gasteiger partial charge on any atom is 0.357 e. The van der Waals surface area contributed by atoms with Crippen molar-refractivity contribution in [3.8, 4) is 5.69 Å². The van der Waals surface area contributed by atoms with Crippen molar-refractivity contribution in [2.45, 2.75) is 0 Å². The summed E-state index contributed by atoms with van der Waals surface area (Å²) in [5.41, 5.74) is 2.20. The number of fused-ring (bicyclic) bond motifs is 1. The molecule has 2 heterocycles. The summed E-state index contributed by atoms with van der Waals surface area (Å²) in [6, 6.07) is 24.5. The van der Waals surface area contributed by atoms with Crippen LogP contribution in [0.15, 0.2) is 94.8 Å². The Balaban J connectivity index is 2.16. The second-order valence-corrected chi connectivity index (χ2v) is 5.24. The lowest BCUT2D eigenvalue weighted by Crippen LogP contribution is -2.38. The third kappa shape index (κ3) is 2.52. The van der Waals surface area contributed by atoms with Gasteiger partial charge in [-0.05, 0) is 36.4 Å². The molecule has 0 saturated carbocycles. The molecule has 0 aliphatic rings. The highest BCUT2D eigenvalue weighted by molar-refractivity contribution is 5.40. The van der Waals surface area contributed by atoms with Gasteiger partial charge in [-0.2, -0.15) is 4.98 Å². The van der Waals surface area contributed by atoms with Gasteiger partial charge in [-0.1, -0.05) is 42.5 Å². The van der Waals surface area contributed by atoms with E-state index in [1.807, 2.05) is 79.0 Å². The lowest BCUT2D eigenvalue weighted by atomic mass is 10.3. The van der Waals surface area contributed by atoms with Crippen LogP contribution in [0.1, 0.15) is 0 Å². The summed E-state index contributed by atoms with van der Waals surface area (Å²) in [6.07, 6.45) is 1.85. The van der Waals surface area contributed by atoms with E-state index in [1.54, 1.807) is 10.5 Å². The Kier molecular flexibility index (Phi) is 3.51. The smallest absolute Gasteiger partial charge is 0.271 e. The zero-order chi connectivity index (χ0) is 16.4. The van der Waals surface area contributed by atoms with Crippen molar-refractivity contribution in [1.29, 1.82) is 0 Å². The van der Waals surface area contributed by atoms with Crippen LogP contribution in [0.3, 0.4) is 0 Å². The van der Waals surface area contributed by atoms with Gasteiger partial charge in [-0.3, -0.25) is 4.40 Å². The first-order chi connectivity index (χ1) is 11.8. The van der Waals surface area contributed by atoms with Crippen molar-refractivity contribution < 1.29 is 0 Å². The first kappa shape index (κ1) is 14.1. The molecule has 0 aliphatic carbocycles. The Labute approximate surface area is 137 Å². The third-order valence-electron chi connectivity index (χ3n) is 3.66. The maximum absolute atomic E-state index is 12.6. The molecule has 4 aromatic rings. The Morgan fingerprint density at radius 3 is 2.21 bits per heavy atom. The SMILES string of the molecule is O=c1nc2ccccn2c(=Nc2ccccc2)n1-c1ccccc1. The summed E-state index contributed by atoms with van der Waals surface area (Å²) < 4.78 is 3.32. The van der Waals surface area contributed by atoms with Crippen LogP contribution in [0.4, 0.5) is 5.69 Å². The van der Waals surface area contributed by atoms with Gasteiger partial charge >= 0.3 is 5.69 Å². The third-order valence-corrected chi connectivity index (χ3v) is 3.66. The minimum atomic E-state index is -0.359. The van der Waals surface area contributed by atoms with Gasteiger partial charge in [0.25, 0.3) is 0 Å². The van der Waals surface area contributed by atoms with Crippen LogP contribution < -0.4 is 11.3 Å². The minimum Gasteiger partial charge on any atom is -0.271 e. The molecule has 0 fully saturated rings. The van der Waals surface area contributed by atoms with Crippen molar-refractivity contribution >= 4 is 11.3 Å². The lowest BCUT2D eigenvalue weighted by Gasteiger charge is -2.09. The lowest BCUT2D eigenvalue weighted by molar-refractivity contribution is 0.767. The van der Waals surface area contributed by atoms with Crippen LogP contribution in [0.2, 0.25) is 0 Å². The molecule has 0 unspecified atom stereocenters. The van der Waals surface area contributed by atoms with Crippen LogP contribution >= 0.6 is 0 Å². The maximum atomic E-state index is 12.6. The van der Waals surface area contributed by atoms with Crippen LogP contribution in [-0.4, -0.2) is 14.0 Å². The van der Waals surface area contributed by atoms with Gasteiger partial charge in [0.2, 0.25) is 5.62 Å². The largest absolute Gasteiger partial charge is 0.357 e. The molecule has 4 rings (SSSR count). The highest BCUT2D eigenvalue weighted by Gasteiger charge is 2.08. The minimum absolute atomic E-state index is 0.359. The van der Waals surface area contributed by atoms with E-state index < -0.39 is 0 Å². The van der Waals surface area contributed by atoms with Crippen molar-refractivity contribution in [3.05, 3.63) is 101 Å². The fourth-order valence-corrected chi connectivity index (χ4v) is 2.56. The molecular weight excluding hydrogens is 300 g/mol. The standard InChI is InChI=1S/C19H14N4O/c24-19-21-17-13-7-8-14-22(17)18(20-15-9-3-1-4-10-15)23(19)16-11-5-2-6-12-16/h1-14H. The van der Waals surface area contributed by atoms with Crippen LogP contribution in [0.25, 0.3) is 11.3 Å². The molecule has 5 heteroatoms. The van der Waals surface area contributed by atoms with E-state index in [0.717, 1.165) is 11.4 Å². The van der Waals surface area contributed by atoms with Gasteiger partial charge in [0.15, 0.2) is 0 Å². The molecule has 24 heavy (non-hydrogen) atoms. The Morgan fingerprint density at radius 1 is 0.792 bits per heavy atom. The van der Waals surface area contributed by atoms with E-state index in [9.17, 15) is 4.79 Å². The van der Waals surface area contributed by atoms with Gasteiger partial charge < -0.3 is 0 Å². The number of nitrogens with zero attached hydrogens (tertiary/aromatic N) is 4. The van der Waals surface area contributed by atoms with Gasteiger partial charge in [0, 0.05) is 6.20 Å². The van der Waals surface area contributed by atoms with E-state index in [-0.39, 0.29) is 5.69 Å². The first-order valence-electron chi connectivity index (χ1n) is 7.58. The van der Waals surface area contributed by atoms with Crippen LogP contribution in [0.5, 0.6) is 0 Å². The molecule has 2 aromatic heterocycles. The summed E-state index contributed by atoms with van der Waals surface area (Å²) >= 11 is 0. The second kappa shape index (κ2) is 5.96. The highest BCUT2D eigenvalue weighted by Crippen LogP contribution is 2.09. The van der Waals surface area contributed by atoms with Gasteiger partial charge in [-0.25, -0.2) is 14.4 Å². The quantitative estimate of drug-likeness (QED) is 0.571. The fraction of sp³-hybridized carbons (Fsp3) is 0. The monoisotopic (exact) mass is 314 g/mol. The predicted octanol–water partition coefficient (Wildman–Crippen LogP) is 2.72. The normalized spacial score (nSPS) is 11.8. The molecular formula is C19H14N4O. The summed E-state index contributed by atoms with van der Waals surface area (Å²) in [5, 5.41) is 0. The number of aromatic nitrogens is 3. The van der Waals surface area contributed by atoms with Gasteiger partial charge in [-0.15, -0.1) is 0 Å². The van der Waals surface area contributed by atoms with E-state index >= 15 is 0 Å². The molecule has 5 nitrogen and oxygen atoms in total. The number of hydrogen-bond donors (Lipinski definition) is 0. The van der Waals surface area contributed by atoms with Gasteiger partial charge in [0.05, 0.1) is 11.4 Å². The molecule has 0 bridgehead atoms. The summed E-state index contributed by atoms with van der Waals surface area (Å²) in [7, 11) is 0. The topological polar surface area (TPSA) is 51.7 Å². The van der Waals surface area contributed by atoms with Gasteiger partial charge in [0.1, 0.15) is 5.65 Å². The molecule has 0 N–H and O–H groups in total. The number of hydrogen-bond acceptors (Lipinski definition) is 3. The molecule has 0 aliphatic heterocycles. The Hall–Kier alpha value is -3.47. The number of benzene rings is 2. The molecule has 2 aromatic carbocycles. The van der Waals surface area contributed by atoms with Crippen LogP contribution in [0, 0.1) is 0 Å². The van der Waals surface area contributed by atoms with E-state index in [2.05, 4.69) is 4.98 Å². The molecule has 0 spiro atoms. The van der Waals surface area contributed by atoms with Crippen molar-refractivity contribution in [1.82, 2.24) is 14.0 Å². The Morgan fingerprint density at radius 2 is 1.46 bits per heavy atom. The van der Waals surface area contributed by atoms with E-state index in [0.29, 0.717) is 11.3 Å². The predicted molar refractivity (Wildman–Crippen MR) is 92.5 cm³/mol. The first-order valence-corrected chi connectivity index (χ1v) is 7.58. The molecule has 0 atom stereocenters. The summed E-state index contributed by atoms with van der Waals surface area (Å²) in [5.74, 6) is 0. The number of pyridine rings is 1. The summed E-state index contributed by atoms with van der Waals surface area (Å²) in [6.45, 7) is 0. The molecule has 0 saturated heterocycles. The Bertz CT molecular complexity index is 1110. The number of rotatable bonds is 2. The van der Waals surface area contributed by atoms with Crippen molar-refractivity contribution in [2.75, 3.05) is 0 Å². The van der Waals surface area contributed by atoms with E-state index in [1.165, 1.54) is 4.57 Å². The number of para-hydroxylation sites is 2. The molecule has 116 valence electrons. The highest BCUT2D eigenvalue weighted by atomic mass is 16.1. The molecule has 0 amide bonds. The van der Waals surface area contributed by atoms with Crippen molar-refractivity contribution in [3.63, 3.8) is 0 Å². The van der Waals surface area contributed by atoms with Crippen LogP contribution in [-0.2, 0) is 0 Å².